The average Bonchev–Trinajstić information content (AvgIpc) is 3.23. The van der Waals surface area contributed by atoms with Crippen LogP contribution in [0.5, 0.6) is 0 Å². The summed E-state index contributed by atoms with van der Waals surface area (Å²) in [4.78, 5) is 25.4. The van der Waals surface area contributed by atoms with Crippen LogP contribution < -0.4 is 5.76 Å². The van der Waals surface area contributed by atoms with Gasteiger partial charge in [-0.2, -0.15) is 5.10 Å². The van der Waals surface area contributed by atoms with Crippen molar-refractivity contribution in [2.75, 3.05) is 13.1 Å². The number of rotatable bonds is 3. The highest BCUT2D eigenvalue weighted by Crippen LogP contribution is 2.26. The van der Waals surface area contributed by atoms with E-state index in [-0.39, 0.29) is 11.8 Å². The molecule has 0 atom stereocenters. The van der Waals surface area contributed by atoms with Crippen molar-refractivity contribution in [2.24, 2.45) is 0 Å². The molecule has 2 aromatic heterocycles. The fourth-order valence-electron chi connectivity index (χ4n) is 3.17. The fourth-order valence-corrected chi connectivity index (χ4v) is 3.17. The van der Waals surface area contributed by atoms with Gasteiger partial charge in [-0.15, -0.1) is 5.10 Å². The van der Waals surface area contributed by atoms with E-state index in [2.05, 4.69) is 20.4 Å². The first kappa shape index (κ1) is 14.7. The third-order valence-electron chi connectivity index (χ3n) is 4.51. The maximum Gasteiger partial charge on any atom is 0.434 e. The van der Waals surface area contributed by atoms with Gasteiger partial charge in [0.2, 0.25) is 11.8 Å². The van der Waals surface area contributed by atoms with Crippen LogP contribution in [-0.4, -0.2) is 44.3 Å². The highest BCUT2D eigenvalue weighted by Gasteiger charge is 2.26. The van der Waals surface area contributed by atoms with Crippen molar-refractivity contribution in [3.63, 3.8) is 0 Å². The van der Waals surface area contributed by atoms with Crippen LogP contribution in [0.25, 0.3) is 10.9 Å². The Morgan fingerprint density at radius 2 is 2.12 bits per heavy atom. The summed E-state index contributed by atoms with van der Waals surface area (Å²) in [6.07, 6.45) is 3.63. The van der Waals surface area contributed by atoms with Gasteiger partial charge in [-0.3, -0.25) is 9.89 Å². The lowest BCUT2D eigenvalue weighted by atomic mass is 9.96. The van der Waals surface area contributed by atoms with Gasteiger partial charge in [0.05, 0.1) is 18.1 Å². The summed E-state index contributed by atoms with van der Waals surface area (Å²) in [5.74, 6) is 0.111. The number of hydrogen-bond acceptors (Lipinski definition) is 5. The van der Waals surface area contributed by atoms with Crippen molar-refractivity contribution in [3.8, 4) is 0 Å². The van der Waals surface area contributed by atoms with Gasteiger partial charge in [-0.05, 0) is 24.5 Å². The van der Waals surface area contributed by atoms with Crippen LogP contribution in [0.1, 0.15) is 30.2 Å². The number of nitrogens with zero attached hydrogens (tertiary/aromatic N) is 3. The zero-order valence-electron chi connectivity index (χ0n) is 13.0. The zero-order valence-corrected chi connectivity index (χ0v) is 13.0. The van der Waals surface area contributed by atoms with E-state index in [1.54, 1.807) is 6.20 Å². The summed E-state index contributed by atoms with van der Waals surface area (Å²) >= 11 is 0. The molecule has 0 radical (unpaired) electrons. The quantitative estimate of drug-likeness (QED) is 0.751. The van der Waals surface area contributed by atoms with Gasteiger partial charge in [0.1, 0.15) is 0 Å². The smallest absolute Gasteiger partial charge is 0.392 e. The number of aromatic amines is 2. The molecule has 1 aromatic carbocycles. The second-order valence-corrected chi connectivity index (χ2v) is 6.07. The molecule has 2 N–H and O–H groups in total. The van der Waals surface area contributed by atoms with Crippen LogP contribution in [0.15, 0.2) is 33.6 Å². The maximum absolute atomic E-state index is 12.5. The van der Waals surface area contributed by atoms with E-state index in [4.69, 9.17) is 4.42 Å². The molecule has 3 aromatic rings. The summed E-state index contributed by atoms with van der Waals surface area (Å²) < 4.78 is 5.01. The lowest BCUT2D eigenvalue weighted by molar-refractivity contribution is -0.131. The summed E-state index contributed by atoms with van der Waals surface area (Å²) in [6, 6.07) is 5.89. The van der Waals surface area contributed by atoms with Crippen LogP contribution >= 0.6 is 0 Å². The Kier molecular flexibility index (Phi) is 3.64. The first-order valence-corrected chi connectivity index (χ1v) is 7.94. The molecule has 3 heterocycles. The van der Waals surface area contributed by atoms with Crippen molar-refractivity contribution >= 4 is 16.8 Å². The SMILES string of the molecule is O=C(Cc1ccc2cn[nH]c2c1)N1CCC(c2n[nH]c(=O)o2)CC1. The summed E-state index contributed by atoms with van der Waals surface area (Å²) in [6.45, 7) is 1.29. The molecule has 8 nitrogen and oxygen atoms in total. The van der Waals surface area contributed by atoms with Crippen LogP contribution in [0.4, 0.5) is 0 Å². The molecule has 0 saturated carbocycles. The largest absolute Gasteiger partial charge is 0.434 e. The Balaban J connectivity index is 1.38. The van der Waals surface area contributed by atoms with Crippen molar-refractivity contribution in [1.29, 1.82) is 0 Å². The Labute approximate surface area is 136 Å². The molecule has 8 heteroatoms. The van der Waals surface area contributed by atoms with Crippen molar-refractivity contribution in [2.45, 2.75) is 25.2 Å². The number of hydrogen-bond donors (Lipinski definition) is 2. The monoisotopic (exact) mass is 327 g/mol. The second kappa shape index (κ2) is 5.95. The fraction of sp³-hybridized carbons (Fsp3) is 0.375. The number of amides is 1. The van der Waals surface area contributed by atoms with Gasteiger partial charge in [-0.1, -0.05) is 12.1 Å². The summed E-state index contributed by atoms with van der Waals surface area (Å²) in [7, 11) is 0. The molecule has 0 bridgehead atoms. The molecular weight excluding hydrogens is 310 g/mol. The number of nitrogens with one attached hydrogen (secondary N) is 2. The van der Waals surface area contributed by atoms with Crippen LogP contribution in [0.3, 0.4) is 0 Å². The Morgan fingerprint density at radius 3 is 2.88 bits per heavy atom. The number of likely N-dealkylation sites (tertiary alicyclic amines) is 1. The molecule has 1 fully saturated rings. The zero-order chi connectivity index (χ0) is 16.5. The lowest BCUT2D eigenvalue weighted by Gasteiger charge is -2.30. The maximum atomic E-state index is 12.5. The molecule has 0 unspecified atom stereocenters. The number of benzene rings is 1. The molecule has 124 valence electrons. The van der Waals surface area contributed by atoms with Crippen molar-refractivity contribution in [3.05, 3.63) is 46.4 Å². The van der Waals surface area contributed by atoms with E-state index in [1.807, 2.05) is 23.1 Å². The van der Waals surface area contributed by atoms with E-state index in [9.17, 15) is 9.59 Å². The van der Waals surface area contributed by atoms with Gasteiger partial charge in [0.25, 0.3) is 0 Å². The number of H-pyrrole nitrogens is 2. The Bertz CT molecular complexity index is 917. The van der Waals surface area contributed by atoms with Gasteiger partial charge in [0, 0.05) is 24.4 Å². The predicted molar refractivity (Wildman–Crippen MR) is 85.5 cm³/mol. The van der Waals surface area contributed by atoms with Crippen LogP contribution in [0.2, 0.25) is 0 Å². The molecule has 0 spiro atoms. The molecule has 1 aliphatic rings. The topological polar surface area (TPSA) is 108 Å². The normalized spacial score (nSPS) is 15.9. The Morgan fingerprint density at radius 1 is 1.29 bits per heavy atom. The Hall–Kier alpha value is -2.90. The molecule has 24 heavy (non-hydrogen) atoms. The lowest BCUT2D eigenvalue weighted by Crippen LogP contribution is -2.38. The summed E-state index contributed by atoms with van der Waals surface area (Å²) in [5.41, 5.74) is 1.91. The van der Waals surface area contributed by atoms with Crippen LogP contribution in [0, 0.1) is 0 Å². The number of carbonyl (C=O) groups excluding carboxylic acids is 1. The molecule has 1 aliphatic heterocycles. The molecule has 1 saturated heterocycles. The van der Waals surface area contributed by atoms with Gasteiger partial charge in [0.15, 0.2) is 0 Å². The minimum Gasteiger partial charge on any atom is -0.392 e. The molecular formula is C16H17N5O3. The minimum atomic E-state index is -0.530. The van der Waals surface area contributed by atoms with Crippen LogP contribution in [-0.2, 0) is 11.2 Å². The van der Waals surface area contributed by atoms with E-state index in [1.165, 1.54) is 0 Å². The average molecular weight is 327 g/mol. The van der Waals surface area contributed by atoms with E-state index < -0.39 is 5.76 Å². The molecule has 1 amide bonds. The predicted octanol–water partition coefficient (Wildman–Crippen LogP) is 1.19. The van der Waals surface area contributed by atoms with Crippen molar-refractivity contribution in [1.82, 2.24) is 25.3 Å². The highest BCUT2D eigenvalue weighted by atomic mass is 16.4. The van der Waals surface area contributed by atoms with E-state index >= 15 is 0 Å². The standard InChI is InChI=1S/C16H17N5O3/c22-14(8-10-1-2-12-9-17-18-13(12)7-10)21-5-3-11(4-6-21)15-19-20-16(23)24-15/h1-2,7,9,11H,3-6,8H2,(H,17,18)(H,20,23). The minimum absolute atomic E-state index is 0.0920. The third-order valence-corrected chi connectivity index (χ3v) is 4.51. The molecule has 4 rings (SSSR count). The van der Waals surface area contributed by atoms with Gasteiger partial charge >= 0.3 is 5.76 Å². The van der Waals surface area contributed by atoms with Gasteiger partial charge < -0.3 is 9.32 Å². The first-order valence-electron chi connectivity index (χ1n) is 7.94. The number of carbonyl (C=O) groups is 1. The number of aromatic nitrogens is 4. The highest BCUT2D eigenvalue weighted by molar-refractivity contribution is 5.82. The molecule has 0 aliphatic carbocycles. The summed E-state index contributed by atoms with van der Waals surface area (Å²) in [5, 5.41) is 14.1. The second-order valence-electron chi connectivity index (χ2n) is 6.07. The van der Waals surface area contributed by atoms with Gasteiger partial charge in [-0.25, -0.2) is 9.89 Å². The van der Waals surface area contributed by atoms with Crippen molar-refractivity contribution < 1.29 is 9.21 Å². The third kappa shape index (κ3) is 2.82. The first-order chi connectivity index (χ1) is 11.7. The van der Waals surface area contributed by atoms with E-state index in [0.717, 1.165) is 29.3 Å². The number of fused-ring (bicyclic) bond motifs is 1. The van der Waals surface area contributed by atoms with E-state index in [0.29, 0.717) is 25.4 Å². The number of piperidine rings is 1.